The number of nitrogens with one attached hydrogen (secondary N) is 2. The van der Waals surface area contributed by atoms with Gasteiger partial charge in [-0.3, -0.25) is 9.59 Å². The molecule has 156 valence electrons. The second-order valence-electron chi connectivity index (χ2n) is 7.04. The molecule has 0 unspecified atom stereocenters. The summed E-state index contributed by atoms with van der Waals surface area (Å²) in [6.07, 6.45) is 0. The largest absolute Gasteiger partial charge is 0.348 e. The van der Waals surface area contributed by atoms with Gasteiger partial charge < -0.3 is 15.2 Å². The summed E-state index contributed by atoms with van der Waals surface area (Å²) in [4.78, 5) is 29.5. The summed E-state index contributed by atoms with van der Waals surface area (Å²) in [5, 5.41) is 9.68. The summed E-state index contributed by atoms with van der Waals surface area (Å²) >= 11 is 1.49. The van der Waals surface area contributed by atoms with Crippen molar-refractivity contribution < 1.29 is 14.1 Å². The highest BCUT2D eigenvalue weighted by Crippen LogP contribution is 2.25. The molecule has 0 fully saturated rings. The van der Waals surface area contributed by atoms with Gasteiger partial charge in [-0.1, -0.05) is 43.3 Å². The van der Waals surface area contributed by atoms with Gasteiger partial charge in [-0.25, -0.2) is 0 Å². The highest BCUT2D eigenvalue weighted by atomic mass is 32.2. The summed E-state index contributed by atoms with van der Waals surface area (Å²) in [6.45, 7) is 5.82. The van der Waals surface area contributed by atoms with Crippen LogP contribution in [0, 0.1) is 12.8 Å². The fourth-order valence-corrected chi connectivity index (χ4v) is 3.49. The van der Waals surface area contributed by atoms with E-state index in [-0.39, 0.29) is 17.7 Å². The molecule has 0 aliphatic rings. The van der Waals surface area contributed by atoms with Gasteiger partial charge in [0, 0.05) is 30.0 Å². The van der Waals surface area contributed by atoms with Gasteiger partial charge in [-0.05, 0) is 29.8 Å². The first-order chi connectivity index (χ1) is 14.4. The van der Waals surface area contributed by atoms with E-state index in [1.54, 1.807) is 13.0 Å². The van der Waals surface area contributed by atoms with Crippen LogP contribution >= 0.6 is 11.8 Å². The topological polar surface area (TPSA) is 97.1 Å². The number of amides is 2. The fourth-order valence-electron chi connectivity index (χ4n) is 2.59. The average molecular weight is 425 g/mol. The normalized spacial score (nSPS) is 10.8. The van der Waals surface area contributed by atoms with Crippen molar-refractivity contribution in [1.82, 2.24) is 15.5 Å². The molecule has 2 amide bonds. The Morgan fingerprint density at radius 1 is 1.10 bits per heavy atom. The standard InChI is InChI=1S/C22H24N4O3S/c1-14(2)21(27)25-17-10-8-16(9-11-17)12-23-22(28)18-6-4-5-7-19(18)30-13-20-24-15(3)29-26-20/h4-11,14H,12-13H2,1-3H3,(H,23,28)(H,25,27). The number of aryl methyl sites for hydroxylation is 1. The van der Waals surface area contributed by atoms with E-state index in [4.69, 9.17) is 4.52 Å². The fraction of sp³-hybridized carbons (Fsp3) is 0.273. The highest BCUT2D eigenvalue weighted by Gasteiger charge is 2.13. The van der Waals surface area contributed by atoms with Crippen molar-refractivity contribution in [2.75, 3.05) is 5.32 Å². The molecule has 3 aromatic rings. The van der Waals surface area contributed by atoms with Crippen LogP contribution in [0.15, 0.2) is 57.9 Å². The van der Waals surface area contributed by atoms with Crippen LogP contribution in [0.2, 0.25) is 0 Å². The molecule has 2 aromatic carbocycles. The van der Waals surface area contributed by atoms with Gasteiger partial charge in [0.25, 0.3) is 5.91 Å². The van der Waals surface area contributed by atoms with Crippen LogP contribution < -0.4 is 10.6 Å². The van der Waals surface area contributed by atoms with E-state index in [1.165, 1.54) is 11.8 Å². The Kier molecular flexibility index (Phi) is 7.24. The summed E-state index contributed by atoms with van der Waals surface area (Å²) in [5.41, 5.74) is 2.28. The molecule has 8 heteroatoms. The summed E-state index contributed by atoms with van der Waals surface area (Å²) in [5.74, 6) is 1.38. The minimum absolute atomic E-state index is 0.0267. The van der Waals surface area contributed by atoms with Crippen LogP contribution in [0.5, 0.6) is 0 Å². The van der Waals surface area contributed by atoms with Gasteiger partial charge in [-0.15, -0.1) is 11.8 Å². The smallest absolute Gasteiger partial charge is 0.252 e. The van der Waals surface area contributed by atoms with Crippen molar-refractivity contribution >= 4 is 29.3 Å². The molecule has 0 atom stereocenters. The number of hydrogen-bond acceptors (Lipinski definition) is 6. The summed E-state index contributed by atoms with van der Waals surface area (Å²) in [7, 11) is 0. The van der Waals surface area contributed by atoms with E-state index >= 15 is 0 Å². The molecule has 0 bridgehead atoms. The molecule has 0 aliphatic carbocycles. The quantitative estimate of drug-likeness (QED) is 0.526. The molecular weight excluding hydrogens is 400 g/mol. The number of thioether (sulfide) groups is 1. The lowest BCUT2D eigenvalue weighted by Crippen LogP contribution is -2.23. The van der Waals surface area contributed by atoms with Gasteiger partial charge in [0.05, 0.1) is 11.3 Å². The maximum Gasteiger partial charge on any atom is 0.252 e. The van der Waals surface area contributed by atoms with Crippen molar-refractivity contribution in [3.8, 4) is 0 Å². The Hall–Kier alpha value is -3.13. The Labute approximate surface area is 179 Å². The van der Waals surface area contributed by atoms with Gasteiger partial charge in [0.1, 0.15) is 0 Å². The van der Waals surface area contributed by atoms with Crippen molar-refractivity contribution in [3.05, 3.63) is 71.4 Å². The molecule has 30 heavy (non-hydrogen) atoms. The molecule has 0 aliphatic heterocycles. The second kappa shape index (κ2) is 10.1. The first-order valence-corrected chi connectivity index (χ1v) is 10.6. The van der Waals surface area contributed by atoms with E-state index in [9.17, 15) is 9.59 Å². The van der Waals surface area contributed by atoms with Crippen molar-refractivity contribution in [1.29, 1.82) is 0 Å². The number of benzene rings is 2. The van der Waals surface area contributed by atoms with Crippen LogP contribution in [0.1, 0.15) is 41.5 Å². The third-order valence-corrected chi connectivity index (χ3v) is 5.33. The van der Waals surface area contributed by atoms with Crippen molar-refractivity contribution in [3.63, 3.8) is 0 Å². The molecule has 1 aromatic heterocycles. The van der Waals surface area contributed by atoms with Gasteiger partial charge in [-0.2, -0.15) is 4.98 Å². The maximum atomic E-state index is 12.7. The molecule has 0 spiro atoms. The first kappa shape index (κ1) is 21.6. The zero-order valence-electron chi connectivity index (χ0n) is 17.1. The number of nitrogens with zero attached hydrogens (tertiary/aromatic N) is 2. The van der Waals surface area contributed by atoms with Crippen molar-refractivity contribution in [2.24, 2.45) is 5.92 Å². The minimum atomic E-state index is -0.153. The number of carbonyl (C=O) groups is 2. The van der Waals surface area contributed by atoms with Crippen LogP contribution in [0.3, 0.4) is 0 Å². The molecule has 0 saturated carbocycles. The predicted molar refractivity (Wildman–Crippen MR) is 116 cm³/mol. The van der Waals surface area contributed by atoms with Crippen LogP contribution in [0.25, 0.3) is 0 Å². The lowest BCUT2D eigenvalue weighted by Gasteiger charge is -2.11. The zero-order valence-corrected chi connectivity index (χ0v) is 18.0. The molecule has 3 rings (SSSR count). The number of aromatic nitrogens is 2. The lowest BCUT2D eigenvalue weighted by atomic mass is 10.1. The first-order valence-electron chi connectivity index (χ1n) is 9.61. The molecule has 2 N–H and O–H groups in total. The maximum absolute atomic E-state index is 12.7. The van der Waals surface area contributed by atoms with Crippen LogP contribution in [0.4, 0.5) is 5.69 Å². The second-order valence-corrected chi connectivity index (χ2v) is 8.06. The SMILES string of the molecule is Cc1nc(CSc2ccccc2C(=O)NCc2ccc(NC(=O)C(C)C)cc2)no1. The third kappa shape index (κ3) is 5.93. The monoisotopic (exact) mass is 424 g/mol. The molecule has 1 heterocycles. The third-order valence-electron chi connectivity index (χ3n) is 4.26. The van der Waals surface area contributed by atoms with E-state index in [2.05, 4.69) is 20.8 Å². The molecular formula is C22H24N4O3S. The average Bonchev–Trinajstić information content (AvgIpc) is 3.16. The van der Waals surface area contributed by atoms with E-state index in [0.717, 1.165) is 16.1 Å². The summed E-state index contributed by atoms with van der Waals surface area (Å²) < 4.78 is 4.98. The zero-order chi connectivity index (χ0) is 21.5. The number of anilines is 1. The minimum Gasteiger partial charge on any atom is -0.348 e. The Bertz CT molecular complexity index is 1020. The molecule has 7 nitrogen and oxygen atoms in total. The number of carbonyl (C=O) groups excluding carboxylic acids is 2. The predicted octanol–water partition coefficient (Wildman–Crippen LogP) is 4.19. The van der Waals surface area contributed by atoms with E-state index < -0.39 is 0 Å². The molecule has 0 radical (unpaired) electrons. The Morgan fingerprint density at radius 2 is 1.83 bits per heavy atom. The van der Waals surface area contributed by atoms with Crippen LogP contribution in [-0.2, 0) is 17.1 Å². The van der Waals surface area contributed by atoms with E-state index in [0.29, 0.717) is 29.6 Å². The molecule has 0 saturated heterocycles. The summed E-state index contributed by atoms with van der Waals surface area (Å²) in [6, 6.07) is 14.9. The van der Waals surface area contributed by atoms with Gasteiger partial charge in [0.2, 0.25) is 11.8 Å². The van der Waals surface area contributed by atoms with Crippen LogP contribution in [-0.4, -0.2) is 22.0 Å². The number of hydrogen-bond donors (Lipinski definition) is 2. The Balaban J connectivity index is 1.57. The van der Waals surface area contributed by atoms with Gasteiger partial charge in [0.15, 0.2) is 5.82 Å². The number of rotatable bonds is 8. The van der Waals surface area contributed by atoms with E-state index in [1.807, 2.05) is 56.3 Å². The lowest BCUT2D eigenvalue weighted by molar-refractivity contribution is -0.118. The van der Waals surface area contributed by atoms with Gasteiger partial charge >= 0.3 is 0 Å². The Morgan fingerprint density at radius 3 is 2.50 bits per heavy atom. The highest BCUT2D eigenvalue weighted by molar-refractivity contribution is 7.98. The van der Waals surface area contributed by atoms with Crippen molar-refractivity contribution in [2.45, 2.75) is 38.0 Å².